The Balaban J connectivity index is 0.000000120. The number of hydrogen-bond acceptors (Lipinski definition) is 28. The molecule has 11 N–H and O–H groups in total. The van der Waals surface area contributed by atoms with E-state index in [1.54, 1.807) is 35.5 Å². The van der Waals surface area contributed by atoms with Gasteiger partial charge in [-0.1, -0.05) is 60.3 Å². The number of nitrogens with zero attached hydrogens (tertiary/aromatic N) is 28. The monoisotopic (exact) mass is 1860 g/mol. The van der Waals surface area contributed by atoms with Gasteiger partial charge < -0.3 is 55.2 Å². The van der Waals surface area contributed by atoms with Crippen LogP contribution in [0.3, 0.4) is 0 Å². The first-order chi connectivity index (χ1) is 64.1. The molecule has 3 fully saturated rings. The van der Waals surface area contributed by atoms with E-state index in [1.165, 1.54) is 91.2 Å². The third kappa shape index (κ3) is 19.8. The molecule has 56 heteroatoms. The maximum Gasteiger partial charge on any atom is 0.293 e. The fourth-order valence-electron chi connectivity index (χ4n) is 13.4. The lowest BCUT2D eigenvalue weighted by atomic mass is 10.1. The quantitative estimate of drug-likeness (QED) is 0.0236. The van der Waals surface area contributed by atoms with Gasteiger partial charge in [0, 0.05) is 57.6 Å². The van der Waals surface area contributed by atoms with Crippen molar-refractivity contribution in [2.75, 3.05) is 43.4 Å². The number of amides is 5. The van der Waals surface area contributed by atoms with Crippen molar-refractivity contribution in [3.8, 4) is 86.0 Å². The third-order valence-corrected chi connectivity index (χ3v) is 20.4. The number of halogens is 11. The maximum atomic E-state index is 14.0. The van der Waals surface area contributed by atoms with Gasteiger partial charge in [-0.2, -0.15) is 23.4 Å². The molecule has 20 rings (SSSR count). The lowest BCUT2D eigenvalue weighted by Crippen LogP contribution is -2.32. The molecule has 132 heavy (non-hydrogen) atoms. The standard InChI is InChI=1S/C17H17F2N7O.C16H15F2N7O2.C15H12F3N7O.C14H9Cl2N9O.C14H9F2N9O/c18-11-6-3-7-12(19)14(11)26-16(23-24-25-26)13-9-20-15(22-13)17(27)21-8-10-4-1-2-5-10;17-10-4-1-5-12(13(10)18)25-15(22-23-24-25)11-8-19-14(21-11)16(26)20-7-9-3-2-6-27-9;16-8-3-4-9(17)12(11(8)18)25-14(21-22-23-25)10-7-19-13(20-10)15(26)24-5-1-2-6-24;15-7-2-1-3-8(16)10(7)25-12(22-23-24-25)9-6-19-11(20-9)13(26)21-14-17-4-5-18-14;15-8-3-1-2-7(10(8)16)12-22-23-24-25(12)9-6-19-11(20-9)13(26)21-14-17-4-5-18-14/h3,6-7,9-10H,1-2,4-5,8H2,(H,20,22)(H,21,27);1,4-5,8-9H,2-3,6-7H2,(H,19,21)(H,20,26);3-4,7H,1-2,5-6H2,(H,19,20);2*1-6H,(H,19,20)(H2,17,18,21,26)/t;9-;;;/m.0.../s1. The molecule has 3 aliphatic rings. The molecule has 45 nitrogen and oxygen atoms in total. The van der Waals surface area contributed by atoms with Crippen LogP contribution >= 0.6 is 23.2 Å². The van der Waals surface area contributed by atoms with E-state index in [0.717, 1.165) is 82.9 Å². The number of benzene rings is 5. The van der Waals surface area contributed by atoms with Gasteiger partial charge in [0.2, 0.25) is 35.2 Å². The number of H-pyrrole nitrogens is 7. The number of tetrazole rings is 5. The molecular formula is C76H62Cl2F9N39O6. The van der Waals surface area contributed by atoms with Crippen molar-refractivity contribution in [2.24, 2.45) is 5.92 Å². The van der Waals surface area contributed by atoms with E-state index in [4.69, 9.17) is 27.9 Å². The molecule has 674 valence electrons. The van der Waals surface area contributed by atoms with Crippen LogP contribution in [0.1, 0.15) is 104 Å². The summed E-state index contributed by atoms with van der Waals surface area (Å²) in [4.78, 5) is 110. The summed E-state index contributed by atoms with van der Waals surface area (Å²) in [6, 6.07) is 17.3. The minimum absolute atomic E-state index is 0.00614. The highest BCUT2D eigenvalue weighted by atomic mass is 35.5. The molecule has 1 aliphatic carbocycles. The zero-order chi connectivity index (χ0) is 92.1. The van der Waals surface area contributed by atoms with Crippen molar-refractivity contribution >= 4 is 64.6 Å². The normalized spacial score (nSPS) is 13.4. The number of hydrogen-bond donors (Lipinski definition) is 11. The molecule has 2 saturated heterocycles. The Labute approximate surface area is 741 Å². The fourth-order valence-corrected chi connectivity index (χ4v) is 14.0. The molecule has 2 aliphatic heterocycles. The summed E-state index contributed by atoms with van der Waals surface area (Å²) in [6.45, 7) is 2.98. The number of aromatic amines is 7. The second-order valence-electron chi connectivity index (χ2n) is 28.3. The maximum absolute atomic E-state index is 14.0. The van der Waals surface area contributed by atoms with Crippen LogP contribution in [-0.2, 0) is 4.74 Å². The van der Waals surface area contributed by atoms with Crippen LogP contribution < -0.4 is 21.3 Å². The molecule has 17 aromatic rings. The van der Waals surface area contributed by atoms with Crippen molar-refractivity contribution in [3.63, 3.8) is 0 Å². The van der Waals surface area contributed by atoms with Gasteiger partial charge in [0.25, 0.3) is 29.5 Å². The number of carbonyl (C=O) groups is 5. The Morgan fingerprint density at radius 2 is 0.833 bits per heavy atom. The lowest BCUT2D eigenvalue weighted by molar-refractivity contribution is 0.0780. The molecule has 0 unspecified atom stereocenters. The van der Waals surface area contributed by atoms with Crippen LogP contribution in [0, 0.1) is 58.3 Å². The number of carbonyl (C=O) groups excluding carboxylic acids is 5. The van der Waals surface area contributed by atoms with Gasteiger partial charge in [-0.3, -0.25) is 34.6 Å². The smallest absolute Gasteiger partial charge is 0.293 e. The minimum Gasteiger partial charge on any atom is -0.376 e. The Bertz CT molecular complexity index is 6900. The highest BCUT2D eigenvalue weighted by Crippen LogP contribution is 2.33. The van der Waals surface area contributed by atoms with Crippen LogP contribution in [-0.4, -0.2) is 244 Å². The van der Waals surface area contributed by atoms with E-state index in [0.29, 0.717) is 82.7 Å². The zero-order valence-corrected chi connectivity index (χ0v) is 68.8. The van der Waals surface area contributed by atoms with Crippen molar-refractivity contribution in [1.82, 2.24) is 186 Å². The summed E-state index contributed by atoms with van der Waals surface area (Å²) < 4.78 is 135. The van der Waals surface area contributed by atoms with E-state index >= 15 is 0 Å². The largest absolute Gasteiger partial charge is 0.376 e. The average molecular weight is 1860 g/mol. The minimum atomic E-state index is -1.42. The first kappa shape index (κ1) is 88.6. The molecule has 5 aromatic carbocycles. The van der Waals surface area contributed by atoms with Crippen molar-refractivity contribution < 1.29 is 68.2 Å². The van der Waals surface area contributed by atoms with Crippen molar-refractivity contribution in [1.29, 1.82) is 0 Å². The third-order valence-electron chi connectivity index (χ3n) is 19.7. The predicted molar refractivity (Wildman–Crippen MR) is 437 cm³/mol. The van der Waals surface area contributed by atoms with Crippen LogP contribution in [0.2, 0.25) is 10.0 Å². The highest BCUT2D eigenvalue weighted by Gasteiger charge is 2.30. The van der Waals surface area contributed by atoms with E-state index in [-0.39, 0.29) is 110 Å². The molecule has 1 atom stereocenters. The number of nitrogens with one attached hydrogen (secondary N) is 11. The van der Waals surface area contributed by atoms with Crippen LogP contribution in [0.5, 0.6) is 0 Å². The van der Waals surface area contributed by atoms with Gasteiger partial charge in [0.05, 0.1) is 52.7 Å². The van der Waals surface area contributed by atoms with Gasteiger partial charge in [0.15, 0.2) is 93.1 Å². The number of anilines is 2. The average Bonchev–Trinajstić information content (AvgIpc) is 1.78. The number of ether oxygens (including phenoxy) is 1. The van der Waals surface area contributed by atoms with Crippen molar-refractivity contribution in [3.05, 3.63) is 232 Å². The number of aromatic nitrogens is 34. The molecule has 14 heterocycles. The Morgan fingerprint density at radius 1 is 0.402 bits per heavy atom. The molecule has 5 amide bonds. The van der Waals surface area contributed by atoms with Gasteiger partial charge in [-0.25, -0.2) is 74.4 Å². The molecule has 0 spiro atoms. The molecule has 0 radical (unpaired) electrons. The van der Waals surface area contributed by atoms with Crippen LogP contribution in [0.25, 0.3) is 86.0 Å². The van der Waals surface area contributed by atoms with Gasteiger partial charge in [-0.05, 0) is 157 Å². The van der Waals surface area contributed by atoms with Crippen molar-refractivity contribution in [2.45, 2.75) is 57.5 Å². The van der Waals surface area contributed by atoms with Gasteiger partial charge in [-0.15, -0.1) is 25.5 Å². The molecule has 0 bridgehead atoms. The predicted octanol–water partition coefficient (Wildman–Crippen LogP) is 8.84. The second-order valence-corrected chi connectivity index (χ2v) is 29.1. The number of imidazole rings is 7. The van der Waals surface area contributed by atoms with E-state index in [9.17, 15) is 63.5 Å². The van der Waals surface area contributed by atoms with Gasteiger partial charge >= 0.3 is 0 Å². The summed E-state index contributed by atoms with van der Waals surface area (Å²) >= 11 is 12.4. The summed E-state index contributed by atoms with van der Waals surface area (Å²) in [7, 11) is 0. The Kier molecular flexibility index (Phi) is 26.9. The molecule has 12 aromatic heterocycles. The summed E-state index contributed by atoms with van der Waals surface area (Å²) in [5.41, 5.74) is 0.106. The second kappa shape index (κ2) is 40.0. The summed E-state index contributed by atoms with van der Waals surface area (Å²) in [5, 5.41) is 66.4. The first-order valence-electron chi connectivity index (χ1n) is 39.3. The highest BCUT2D eigenvalue weighted by molar-refractivity contribution is 6.37. The molecular weight excluding hydrogens is 1800 g/mol. The number of likely N-dealkylation sites (tertiary alicyclic amines) is 1. The first-order valence-corrected chi connectivity index (χ1v) is 40.0. The number of para-hydroxylation sites is 2. The van der Waals surface area contributed by atoms with E-state index in [1.807, 2.05) is 0 Å². The summed E-state index contributed by atoms with van der Waals surface area (Å²) in [6.07, 6.45) is 21.2. The van der Waals surface area contributed by atoms with Crippen LogP contribution in [0.4, 0.5) is 51.4 Å². The molecule has 1 saturated carbocycles. The Morgan fingerprint density at radius 3 is 1.39 bits per heavy atom. The van der Waals surface area contributed by atoms with Gasteiger partial charge in [0.1, 0.15) is 45.5 Å². The fraction of sp³-hybridized carbons (Fsp3) is 0.197. The number of rotatable bonds is 21. The van der Waals surface area contributed by atoms with E-state index in [2.05, 4.69) is 169 Å². The van der Waals surface area contributed by atoms with Crippen LogP contribution in [0.15, 0.2) is 141 Å². The van der Waals surface area contributed by atoms with E-state index < -0.39 is 81.5 Å². The topological polar surface area (TPSA) is 565 Å². The zero-order valence-electron chi connectivity index (χ0n) is 67.3. The Hall–Kier alpha value is -16.8. The lowest BCUT2D eigenvalue weighted by Gasteiger charge is -2.12. The summed E-state index contributed by atoms with van der Waals surface area (Å²) in [5.74, 6) is -9.85. The SMILES string of the molecule is O=C(NCC1CCCC1)c1ncc(-c2nnnn2-c2c(F)cccc2F)[nH]1.O=C(NC[C@@H]1CCCO1)c1ncc(-c2nnnn2-c2cccc(F)c2F)[nH]1.O=C(Nc1ncc[nH]1)c1ncc(-c2nnnn2-c2c(Cl)cccc2Cl)[nH]1.O=C(Nc1ncc[nH]1)c1ncc(-n2nnnc2-c2cccc(F)c2F)[nH]1.O=C(c1ncc(-c2nnnn2-c2c(F)ccc(F)c2F)[nH]1)N1CCCC1.